The maximum atomic E-state index is 15.1. The molecule has 9 aromatic rings. The number of unbranched alkanes of at least 4 members (excludes halogenated alkanes) is 12. The highest BCUT2D eigenvalue weighted by Gasteiger charge is 2.31. The number of fused-ring (bicyclic) bond motifs is 4. The molecule has 334 valence electrons. The van der Waals surface area contributed by atoms with Gasteiger partial charge in [-0.15, -0.1) is 0 Å². The number of hydrogen-bond donors (Lipinski definition) is 1. The van der Waals surface area contributed by atoms with Crippen LogP contribution in [-0.2, 0) is 0 Å². The van der Waals surface area contributed by atoms with Crippen molar-refractivity contribution in [2.45, 2.75) is 168 Å². The normalized spacial score (nSPS) is 12.8. The molecule has 9 rings (SSSR count). The summed E-state index contributed by atoms with van der Waals surface area (Å²) in [5, 5.41) is 7.56. The number of hydrogen-bond acceptors (Lipinski definition) is 7. The predicted molar refractivity (Wildman–Crippen MR) is 267 cm³/mol. The number of pyridine rings is 2. The highest BCUT2D eigenvalue weighted by atomic mass is 16.2. The Morgan fingerprint density at radius 3 is 0.969 bits per heavy atom. The molecule has 6 aromatic carbocycles. The topological polar surface area (TPSA) is 143 Å². The van der Waals surface area contributed by atoms with E-state index in [-0.39, 0.29) is 34.0 Å². The minimum Gasteiger partial charge on any atom is -0.333 e. The van der Waals surface area contributed by atoms with Crippen LogP contribution in [0.1, 0.15) is 168 Å². The molecule has 2 N–H and O–H groups in total. The van der Waals surface area contributed by atoms with Crippen LogP contribution in [0.5, 0.6) is 0 Å². The summed E-state index contributed by atoms with van der Waals surface area (Å²) in [6.45, 7) is 8.66. The van der Waals surface area contributed by atoms with Crippen LogP contribution in [0.15, 0.2) is 65.2 Å². The maximum Gasteiger partial charge on any atom is 0.280 e. The molecule has 0 unspecified atom stereocenters. The molecule has 0 spiro atoms. The number of nitrogens with zero attached hydrogens (tertiary/aromatic N) is 3. The highest BCUT2D eigenvalue weighted by Crippen LogP contribution is 2.50. The van der Waals surface area contributed by atoms with Crippen molar-refractivity contribution in [2.75, 3.05) is 5.84 Å². The van der Waals surface area contributed by atoms with Gasteiger partial charge in [0, 0.05) is 44.4 Å². The summed E-state index contributed by atoms with van der Waals surface area (Å²) in [5.74, 6) is 6.28. The molecule has 0 saturated carbocycles. The SMILES string of the molecule is CCCCCCC(CCCCCC)n1c(=O)c2ccc3c4ccc5c(=O)n(C(CCCCCC)CCCCCC)c(=O)c6cc7c8c(=O)n(N)c(=O)c8c8cc(c1=O)c2c3c8c7c4c56. The Hall–Kier alpha value is -5.64. The van der Waals surface area contributed by atoms with Crippen LogP contribution in [-0.4, -0.2) is 13.8 Å². The van der Waals surface area contributed by atoms with Gasteiger partial charge in [0.1, 0.15) is 0 Å². The summed E-state index contributed by atoms with van der Waals surface area (Å²) >= 11 is 0. The van der Waals surface area contributed by atoms with Crippen LogP contribution in [0.3, 0.4) is 0 Å². The number of rotatable bonds is 22. The lowest BCUT2D eigenvalue weighted by molar-refractivity contribution is 0.384. The third-order valence-corrected chi connectivity index (χ3v) is 14.9. The van der Waals surface area contributed by atoms with E-state index in [9.17, 15) is 19.2 Å². The largest absolute Gasteiger partial charge is 0.333 e. The molecular formula is C54H62N4O6. The van der Waals surface area contributed by atoms with E-state index < -0.39 is 22.2 Å². The maximum absolute atomic E-state index is 15.1. The lowest BCUT2D eigenvalue weighted by Gasteiger charge is -2.24. The van der Waals surface area contributed by atoms with Crippen LogP contribution in [0, 0.1) is 0 Å². The van der Waals surface area contributed by atoms with E-state index in [0.717, 1.165) is 114 Å². The molecule has 0 aliphatic rings. The smallest absolute Gasteiger partial charge is 0.280 e. The minimum atomic E-state index is -0.692. The molecule has 0 aliphatic heterocycles. The van der Waals surface area contributed by atoms with Gasteiger partial charge < -0.3 is 5.84 Å². The molecule has 0 radical (unpaired) electrons. The van der Waals surface area contributed by atoms with Crippen molar-refractivity contribution in [3.05, 3.63) is 98.5 Å². The van der Waals surface area contributed by atoms with Gasteiger partial charge in [-0.05, 0) is 93.0 Å². The molecule has 3 aromatic heterocycles. The van der Waals surface area contributed by atoms with Gasteiger partial charge in [-0.3, -0.25) is 37.9 Å². The molecule has 0 aliphatic carbocycles. The van der Waals surface area contributed by atoms with Crippen LogP contribution >= 0.6 is 0 Å². The molecule has 10 nitrogen and oxygen atoms in total. The van der Waals surface area contributed by atoms with Crippen molar-refractivity contribution in [1.82, 2.24) is 13.8 Å². The zero-order valence-corrected chi connectivity index (χ0v) is 38.1. The van der Waals surface area contributed by atoms with E-state index in [4.69, 9.17) is 5.84 Å². The zero-order valence-electron chi connectivity index (χ0n) is 38.1. The molecule has 0 bridgehead atoms. The second-order valence-electron chi connectivity index (χ2n) is 18.9. The van der Waals surface area contributed by atoms with E-state index in [1.54, 1.807) is 12.1 Å². The molecule has 10 heteroatoms. The highest BCUT2D eigenvalue weighted by molar-refractivity contribution is 6.48. The predicted octanol–water partition coefficient (Wildman–Crippen LogP) is 11.3. The molecule has 0 atom stereocenters. The molecule has 3 heterocycles. The lowest BCUT2D eigenvalue weighted by Crippen LogP contribution is -2.37. The van der Waals surface area contributed by atoms with Crippen molar-refractivity contribution in [2.24, 2.45) is 0 Å². The van der Waals surface area contributed by atoms with E-state index in [0.29, 0.717) is 95.0 Å². The number of nitrogen functional groups attached to an aromatic ring is 1. The Balaban J connectivity index is 1.38. The minimum absolute atomic E-state index is 0.0866. The summed E-state index contributed by atoms with van der Waals surface area (Å²) in [4.78, 5) is 88.5. The van der Waals surface area contributed by atoms with Crippen LogP contribution in [0.25, 0.3) is 86.2 Å². The number of benzene rings is 6. The number of nitrogens with two attached hydrogens (primary N) is 1. The zero-order chi connectivity index (χ0) is 45.0. The van der Waals surface area contributed by atoms with Crippen LogP contribution in [0.2, 0.25) is 0 Å². The molecule has 64 heavy (non-hydrogen) atoms. The van der Waals surface area contributed by atoms with E-state index in [1.165, 1.54) is 9.13 Å². The van der Waals surface area contributed by atoms with Gasteiger partial charge in [0.25, 0.3) is 33.4 Å². The van der Waals surface area contributed by atoms with Crippen molar-refractivity contribution >= 4 is 86.2 Å². The monoisotopic (exact) mass is 862 g/mol. The summed E-state index contributed by atoms with van der Waals surface area (Å²) < 4.78 is 3.59. The van der Waals surface area contributed by atoms with Crippen molar-refractivity contribution < 1.29 is 0 Å². The number of aromatic nitrogens is 3. The summed E-state index contributed by atoms with van der Waals surface area (Å²) in [6, 6.07) is 10.3. The molecule has 0 fully saturated rings. The first-order valence-electron chi connectivity index (χ1n) is 24.5. The third-order valence-electron chi connectivity index (χ3n) is 14.9. The summed E-state index contributed by atoms with van der Waals surface area (Å²) in [7, 11) is 0. The molecule has 0 amide bonds. The van der Waals surface area contributed by atoms with Gasteiger partial charge in [0.15, 0.2) is 0 Å². The van der Waals surface area contributed by atoms with Gasteiger partial charge in [-0.1, -0.05) is 143 Å². The first-order chi connectivity index (χ1) is 31.1. The molecule has 0 saturated heterocycles. The van der Waals surface area contributed by atoms with Crippen LogP contribution < -0.4 is 39.2 Å². The first-order valence-corrected chi connectivity index (χ1v) is 24.5. The second-order valence-corrected chi connectivity index (χ2v) is 18.9. The fourth-order valence-corrected chi connectivity index (χ4v) is 11.6. The fourth-order valence-electron chi connectivity index (χ4n) is 11.6. The summed E-state index contributed by atoms with van der Waals surface area (Å²) in [5.41, 5.74) is -2.81. The Morgan fingerprint density at radius 1 is 0.344 bits per heavy atom. The lowest BCUT2D eigenvalue weighted by atomic mass is 9.81. The average molecular weight is 863 g/mol. The van der Waals surface area contributed by atoms with Crippen molar-refractivity contribution in [3.63, 3.8) is 0 Å². The van der Waals surface area contributed by atoms with Crippen LogP contribution in [0.4, 0.5) is 0 Å². The van der Waals surface area contributed by atoms with E-state index in [2.05, 4.69) is 27.7 Å². The van der Waals surface area contributed by atoms with Gasteiger partial charge in [0.2, 0.25) is 0 Å². The Kier molecular flexibility index (Phi) is 12.1. The van der Waals surface area contributed by atoms with Crippen molar-refractivity contribution in [1.29, 1.82) is 0 Å². The Labute approximate surface area is 371 Å². The fraction of sp³-hybridized carbons (Fsp3) is 0.481. The Morgan fingerprint density at radius 2 is 0.641 bits per heavy atom. The second kappa shape index (κ2) is 17.7. The van der Waals surface area contributed by atoms with Gasteiger partial charge in [-0.2, -0.15) is 4.68 Å². The van der Waals surface area contributed by atoms with Gasteiger partial charge >= 0.3 is 0 Å². The van der Waals surface area contributed by atoms with Gasteiger partial charge in [-0.25, -0.2) is 0 Å². The first kappa shape index (κ1) is 43.6. The quantitative estimate of drug-likeness (QED) is 0.0309. The van der Waals surface area contributed by atoms with E-state index in [1.807, 2.05) is 24.3 Å². The standard InChI is InChI=1S/C54H62N4O6/c1-5-9-13-17-21-31(22-18-14-10-6-2)56-49(59)35-27-25-33-34-26-28-36-42-40(52(62)57(50(36)60)32(23-19-15-11-7-3)24-20-16-12-8-4)30-38-46(44(34)42)45-37(29-39(51(56)61)41(35)43(33)45)47-48(38)54(64)58(55)53(47)63/h25-32H,5-24,55H2,1-4H3. The Bertz CT molecular complexity index is 3260. The third kappa shape index (κ3) is 6.72. The van der Waals surface area contributed by atoms with E-state index >= 15 is 9.59 Å². The van der Waals surface area contributed by atoms with Gasteiger partial charge in [0.05, 0.1) is 10.8 Å². The van der Waals surface area contributed by atoms with Crippen molar-refractivity contribution in [3.8, 4) is 0 Å². The average Bonchev–Trinajstić information content (AvgIpc) is 3.53. The molecular weight excluding hydrogens is 801 g/mol. The summed E-state index contributed by atoms with van der Waals surface area (Å²) in [6.07, 6.45) is 19.2.